The number of aryl methyl sites for hydroxylation is 1. The summed E-state index contributed by atoms with van der Waals surface area (Å²) >= 11 is 5.93. The van der Waals surface area contributed by atoms with Crippen LogP contribution < -0.4 is 5.32 Å². The molecule has 104 valence electrons. The van der Waals surface area contributed by atoms with Crippen molar-refractivity contribution in [3.63, 3.8) is 0 Å². The molecule has 2 aromatic carbocycles. The minimum Gasteiger partial charge on any atom is -0.508 e. The Bertz CT molecular complexity index is 584. The molecule has 2 N–H and O–H groups in total. The molecule has 0 radical (unpaired) electrons. The van der Waals surface area contributed by atoms with Crippen LogP contribution in [0.5, 0.6) is 5.75 Å². The number of nitrogens with one attached hydrogen (secondary N) is 1. The van der Waals surface area contributed by atoms with E-state index in [2.05, 4.69) is 17.4 Å². The Labute approximate surface area is 123 Å². The number of carbonyl (C=O) groups excluding carboxylic acids is 1. The lowest BCUT2D eigenvalue weighted by molar-refractivity contribution is -0.116. The zero-order valence-corrected chi connectivity index (χ0v) is 11.7. The van der Waals surface area contributed by atoms with E-state index in [1.54, 1.807) is 6.07 Å². The first-order chi connectivity index (χ1) is 9.65. The third kappa shape index (κ3) is 4.28. The van der Waals surface area contributed by atoms with Crippen LogP contribution in [0.2, 0.25) is 5.02 Å². The number of benzene rings is 2. The fourth-order valence-corrected chi connectivity index (χ4v) is 2.14. The summed E-state index contributed by atoms with van der Waals surface area (Å²) in [7, 11) is 0. The minimum atomic E-state index is -0.0754. The molecule has 20 heavy (non-hydrogen) atoms. The second-order valence-electron chi connectivity index (χ2n) is 4.55. The molecule has 1 amide bonds. The molecule has 2 rings (SSSR count). The van der Waals surface area contributed by atoms with E-state index in [1.165, 1.54) is 17.7 Å². The summed E-state index contributed by atoms with van der Waals surface area (Å²) in [6.07, 6.45) is 2.09. The quantitative estimate of drug-likeness (QED) is 0.817. The van der Waals surface area contributed by atoms with Gasteiger partial charge in [0.1, 0.15) is 5.75 Å². The van der Waals surface area contributed by atoms with Crippen LogP contribution in [-0.2, 0) is 11.2 Å². The average molecular weight is 290 g/mol. The van der Waals surface area contributed by atoms with Crippen molar-refractivity contribution in [2.45, 2.75) is 19.3 Å². The van der Waals surface area contributed by atoms with E-state index in [1.807, 2.05) is 18.2 Å². The standard InChI is InChI=1S/C16H16ClNO2/c17-14-11-13(19)9-10-15(14)18-16(20)8-4-7-12-5-2-1-3-6-12/h1-3,5-6,9-11,19H,4,7-8H2,(H,18,20). The maximum atomic E-state index is 11.8. The molecule has 0 aliphatic rings. The Morgan fingerprint density at radius 1 is 1.15 bits per heavy atom. The Morgan fingerprint density at radius 2 is 1.90 bits per heavy atom. The number of hydrogen-bond donors (Lipinski definition) is 2. The number of hydrogen-bond acceptors (Lipinski definition) is 2. The zero-order chi connectivity index (χ0) is 14.4. The normalized spacial score (nSPS) is 10.2. The highest BCUT2D eigenvalue weighted by Crippen LogP contribution is 2.26. The van der Waals surface area contributed by atoms with Crippen LogP contribution >= 0.6 is 11.6 Å². The smallest absolute Gasteiger partial charge is 0.224 e. The molecular weight excluding hydrogens is 274 g/mol. The van der Waals surface area contributed by atoms with Crippen LogP contribution in [0.25, 0.3) is 0 Å². The van der Waals surface area contributed by atoms with Crippen molar-refractivity contribution >= 4 is 23.2 Å². The van der Waals surface area contributed by atoms with Crippen LogP contribution in [0, 0.1) is 0 Å². The van der Waals surface area contributed by atoms with Crippen molar-refractivity contribution in [2.24, 2.45) is 0 Å². The van der Waals surface area contributed by atoms with E-state index in [0.717, 1.165) is 12.8 Å². The summed E-state index contributed by atoms with van der Waals surface area (Å²) in [6, 6.07) is 14.5. The number of halogens is 1. The lowest BCUT2D eigenvalue weighted by atomic mass is 10.1. The monoisotopic (exact) mass is 289 g/mol. The molecule has 0 heterocycles. The first-order valence-electron chi connectivity index (χ1n) is 6.47. The molecule has 0 unspecified atom stereocenters. The number of carbonyl (C=O) groups is 1. The highest BCUT2D eigenvalue weighted by atomic mass is 35.5. The molecule has 2 aromatic rings. The average Bonchev–Trinajstić information content (AvgIpc) is 2.43. The van der Waals surface area contributed by atoms with E-state index in [0.29, 0.717) is 17.1 Å². The maximum absolute atomic E-state index is 11.8. The van der Waals surface area contributed by atoms with Gasteiger partial charge in [0.05, 0.1) is 10.7 Å². The molecule has 0 aromatic heterocycles. The third-order valence-corrected chi connectivity index (χ3v) is 3.25. The Kier molecular flexibility index (Phi) is 5.02. The predicted molar refractivity (Wildman–Crippen MR) is 81.1 cm³/mol. The van der Waals surface area contributed by atoms with Crippen LogP contribution in [0.1, 0.15) is 18.4 Å². The van der Waals surface area contributed by atoms with Gasteiger partial charge in [-0.05, 0) is 30.5 Å². The highest BCUT2D eigenvalue weighted by molar-refractivity contribution is 6.33. The van der Waals surface area contributed by atoms with Crippen molar-refractivity contribution < 1.29 is 9.90 Å². The Balaban J connectivity index is 1.81. The second-order valence-corrected chi connectivity index (χ2v) is 4.96. The minimum absolute atomic E-state index is 0.0754. The molecule has 0 saturated carbocycles. The van der Waals surface area contributed by atoms with Crippen molar-refractivity contribution in [3.8, 4) is 5.75 Å². The first-order valence-corrected chi connectivity index (χ1v) is 6.85. The number of amides is 1. The molecule has 4 heteroatoms. The molecule has 3 nitrogen and oxygen atoms in total. The van der Waals surface area contributed by atoms with E-state index < -0.39 is 0 Å². The van der Waals surface area contributed by atoms with Gasteiger partial charge in [-0.1, -0.05) is 41.9 Å². The van der Waals surface area contributed by atoms with E-state index >= 15 is 0 Å². The lowest BCUT2D eigenvalue weighted by Crippen LogP contribution is -2.11. The SMILES string of the molecule is O=C(CCCc1ccccc1)Nc1ccc(O)cc1Cl. The molecule has 0 aliphatic carbocycles. The summed E-state index contributed by atoms with van der Waals surface area (Å²) in [5.41, 5.74) is 1.75. The molecule has 0 atom stereocenters. The number of phenols is 1. The number of phenolic OH excluding ortho intramolecular Hbond substituents is 1. The van der Waals surface area contributed by atoms with Crippen LogP contribution in [0.15, 0.2) is 48.5 Å². The molecule has 0 bridgehead atoms. The van der Waals surface area contributed by atoms with E-state index in [9.17, 15) is 9.90 Å². The number of aromatic hydroxyl groups is 1. The van der Waals surface area contributed by atoms with Crippen LogP contribution in [0.3, 0.4) is 0 Å². The van der Waals surface area contributed by atoms with E-state index in [4.69, 9.17) is 11.6 Å². The van der Waals surface area contributed by atoms with Gasteiger partial charge >= 0.3 is 0 Å². The van der Waals surface area contributed by atoms with E-state index in [-0.39, 0.29) is 11.7 Å². The molecular formula is C16H16ClNO2. The van der Waals surface area contributed by atoms with Crippen LogP contribution in [-0.4, -0.2) is 11.0 Å². The highest BCUT2D eigenvalue weighted by Gasteiger charge is 2.06. The van der Waals surface area contributed by atoms with Crippen molar-refractivity contribution in [2.75, 3.05) is 5.32 Å². The topological polar surface area (TPSA) is 49.3 Å². The fourth-order valence-electron chi connectivity index (χ4n) is 1.92. The number of rotatable bonds is 5. The summed E-state index contributed by atoms with van der Waals surface area (Å²) in [5, 5.41) is 12.3. The summed E-state index contributed by atoms with van der Waals surface area (Å²) in [4.78, 5) is 11.8. The second kappa shape index (κ2) is 6.96. The van der Waals surface area contributed by atoms with Gasteiger partial charge in [-0.25, -0.2) is 0 Å². The fraction of sp³-hybridized carbons (Fsp3) is 0.188. The number of anilines is 1. The van der Waals surface area contributed by atoms with Crippen molar-refractivity contribution in [1.82, 2.24) is 0 Å². The first kappa shape index (κ1) is 14.4. The predicted octanol–water partition coefficient (Wildman–Crippen LogP) is 4.01. The van der Waals surface area contributed by atoms with Crippen LogP contribution in [0.4, 0.5) is 5.69 Å². The van der Waals surface area contributed by atoms with Gasteiger partial charge in [-0.2, -0.15) is 0 Å². The summed E-state index contributed by atoms with van der Waals surface area (Å²) in [5.74, 6) is 0.00518. The van der Waals surface area contributed by atoms with Gasteiger partial charge in [0, 0.05) is 12.5 Å². The Morgan fingerprint density at radius 3 is 2.60 bits per heavy atom. The zero-order valence-electron chi connectivity index (χ0n) is 11.0. The molecule has 0 aliphatic heterocycles. The molecule has 0 spiro atoms. The molecule has 0 saturated heterocycles. The molecule has 0 fully saturated rings. The maximum Gasteiger partial charge on any atom is 0.224 e. The summed E-state index contributed by atoms with van der Waals surface area (Å²) < 4.78 is 0. The van der Waals surface area contributed by atoms with Gasteiger partial charge in [0.15, 0.2) is 0 Å². The third-order valence-electron chi connectivity index (χ3n) is 2.94. The Hall–Kier alpha value is -2.00. The van der Waals surface area contributed by atoms with Gasteiger partial charge in [-0.15, -0.1) is 0 Å². The lowest BCUT2D eigenvalue weighted by Gasteiger charge is -2.07. The van der Waals surface area contributed by atoms with Gasteiger partial charge < -0.3 is 10.4 Å². The van der Waals surface area contributed by atoms with Crippen molar-refractivity contribution in [3.05, 3.63) is 59.1 Å². The van der Waals surface area contributed by atoms with Gasteiger partial charge in [-0.3, -0.25) is 4.79 Å². The largest absolute Gasteiger partial charge is 0.508 e. The van der Waals surface area contributed by atoms with Crippen molar-refractivity contribution in [1.29, 1.82) is 0 Å². The van der Waals surface area contributed by atoms with Gasteiger partial charge in [0.25, 0.3) is 0 Å². The summed E-state index contributed by atoms with van der Waals surface area (Å²) in [6.45, 7) is 0. The van der Waals surface area contributed by atoms with Gasteiger partial charge in [0.2, 0.25) is 5.91 Å².